The Morgan fingerprint density at radius 1 is 0.432 bits per heavy atom. The lowest BCUT2D eigenvalue weighted by Gasteiger charge is -2.27. The van der Waals surface area contributed by atoms with Gasteiger partial charge in [0.2, 0.25) is 5.91 Å². The number of ether oxygens (including phenoxy) is 1. The zero-order valence-electron chi connectivity index (χ0n) is 54.3. The van der Waals surface area contributed by atoms with Crippen molar-refractivity contribution in [1.29, 1.82) is 0 Å². The topological polar surface area (TPSA) is 111 Å². The van der Waals surface area contributed by atoms with Crippen LogP contribution in [0.1, 0.15) is 329 Å². The van der Waals surface area contributed by atoms with Crippen LogP contribution in [-0.4, -0.2) is 74.3 Å². The molecular weight excluding hydrogens is 1020 g/mol. The van der Waals surface area contributed by atoms with E-state index < -0.39 is 20.0 Å². The van der Waals surface area contributed by atoms with Crippen LogP contribution in [-0.2, 0) is 27.9 Å². The standard InChI is InChI=1S/C71H133N2O7P/c1-7-10-13-16-19-22-25-27-29-31-33-35-36-38-40-42-44-46-49-52-55-58-61-64-71(75)80-69(62-59-56-53-50-47-24-21-18-15-12-9-3)68(67-79-81(76,77)78-66-65-73(4,5)6)72-70(74)63-60-57-54-51-48-45-43-41-39-37-34-32-30-28-26-23-20-17-14-11-8-2/h19,22,27,29,33,35,38,40,59,62,68-69H,7-18,20-21,23-26,28,30-32,34,36-37,39,41-58,60-61,63-67H2,1-6H3,(H-,72,74,76,77)/p+1/b22-19-,29-27-,35-33-,40-38-,62-59+. The molecule has 0 aromatic carbocycles. The van der Waals surface area contributed by atoms with E-state index in [4.69, 9.17) is 13.8 Å². The number of rotatable bonds is 63. The summed E-state index contributed by atoms with van der Waals surface area (Å²) >= 11 is 0. The average Bonchev–Trinajstić information content (AvgIpc) is 3.44. The van der Waals surface area contributed by atoms with E-state index >= 15 is 0 Å². The molecule has 10 heteroatoms. The lowest BCUT2D eigenvalue weighted by atomic mass is 10.0. The fraction of sp³-hybridized carbons (Fsp3) is 0.831. The van der Waals surface area contributed by atoms with Crippen molar-refractivity contribution in [2.75, 3.05) is 40.9 Å². The van der Waals surface area contributed by atoms with Crippen molar-refractivity contribution in [3.8, 4) is 0 Å². The van der Waals surface area contributed by atoms with Crippen molar-refractivity contribution < 1.29 is 37.3 Å². The Hall–Kier alpha value is -2.29. The molecule has 3 atom stereocenters. The maximum atomic E-state index is 13.6. The Morgan fingerprint density at radius 3 is 1.15 bits per heavy atom. The number of unbranched alkanes of at least 4 members (excludes halogenated alkanes) is 39. The summed E-state index contributed by atoms with van der Waals surface area (Å²) in [5.74, 6) is -0.505. The van der Waals surface area contributed by atoms with Crippen molar-refractivity contribution >= 4 is 19.7 Å². The smallest absolute Gasteiger partial charge is 0.456 e. The van der Waals surface area contributed by atoms with Gasteiger partial charge in [-0.2, -0.15) is 0 Å². The largest absolute Gasteiger partial charge is 0.472 e. The molecule has 1 amide bonds. The fourth-order valence-electron chi connectivity index (χ4n) is 10.1. The van der Waals surface area contributed by atoms with Crippen LogP contribution in [0, 0.1) is 0 Å². The van der Waals surface area contributed by atoms with E-state index in [1.807, 2.05) is 33.3 Å². The quantitative estimate of drug-likeness (QED) is 0.0205. The fourth-order valence-corrected chi connectivity index (χ4v) is 10.8. The molecule has 9 nitrogen and oxygen atoms in total. The van der Waals surface area contributed by atoms with Gasteiger partial charge in [-0.15, -0.1) is 0 Å². The number of hydrogen-bond donors (Lipinski definition) is 2. The molecule has 0 saturated heterocycles. The maximum Gasteiger partial charge on any atom is 0.472 e. The van der Waals surface area contributed by atoms with Crippen LogP contribution < -0.4 is 5.32 Å². The molecule has 0 aliphatic rings. The van der Waals surface area contributed by atoms with Crippen LogP contribution in [0.5, 0.6) is 0 Å². The number of carbonyl (C=O) groups excluding carboxylic acids is 2. The molecule has 3 unspecified atom stereocenters. The average molecular weight is 1160 g/mol. The summed E-state index contributed by atoms with van der Waals surface area (Å²) in [6.45, 7) is 7.01. The molecule has 0 aromatic rings. The van der Waals surface area contributed by atoms with Crippen LogP contribution >= 0.6 is 7.82 Å². The van der Waals surface area contributed by atoms with E-state index in [1.54, 1.807) is 0 Å². The van der Waals surface area contributed by atoms with Crippen LogP contribution in [0.2, 0.25) is 0 Å². The van der Waals surface area contributed by atoms with E-state index in [2.05, 4.69) is 74.7 Å². The van der Waals surface area contributed by atoms with E-state index in [0.717, 1.165) is 89.9 Å². The first-order chi connectivity index (χ1) is 39.4. The van der Waals surface area contributed by atoms with Gasteiger partial charge >= 0.3 is 13.8 Å². The highest BCUT2D eigenvalue weighted by Gasteiger charge is 2.30. The second-order valence-corrected chi connectivity index (χ2v) is 26.2. The van der Waals surface area contributed by atoms with Gasteiger partial charge < -0.3 is 19.4 Å². The van der Waals surface area contributed by atoms with Crippen molar-refractivity contribution in [3.05, 3.63) is 60.8 Å². The summed E-state index contributed by atoms with van der Waals surface area (Å²) < 4.78 is 30.8. The number of likely N-dealkylation sites (N-methyl/N-ethyl adjacent to an activating group) is 1. The Labute approximate surface area is 502 Å². The van der Waals surface area contributed by atoms with Crippen molar-refractivity contribution in [2.45, 2.75) is 341 Å². The molecule has 2 N–H and O–H groups in total. The summed E-state index contributed by atoms with van der Waals surface area (Å²) in [6, 6.07) is -0.852. The second kappa shape index (κ2) is 60.8. The predicted molar refractivity (Wildman–Crippen MR) is 351 cm³/mol. The Kier molecular flexibility index (Phi) is 59.1. The number of phosphoric acid groups is 1. The molecule has 474 valence electrons. The first kappa shape index (κ1) is 78.7. The number of nitrogens with zero attached hydrogens (tertiary/aromatic N) is 1. The summed E-state index contributed by atoms with van der Waals surface area (Å²) in [5, 5.41) is 3.07. The van der Waals surface area contributed by atoms with Gasteiger partial charge in [0.15, 0.2) is 0 Å². The zero-order valence-corrected chi connectivity index (χ0v) is 55.2. The van der Waals surface area contributed by atoms with Crippen molar-refractivity contribution in [1.82, 2.24) is 5.32 Å². The number of esters is 1. The summed E-state index contributed by atoms with van der Waals surface area (Å²) in [5.41, 5.74) is 0. The number of hydrogen-bond acceptors (Lipinski definition) is 6. The summed E-state index contributed by atoms with van der Waals surface area (Å²) in [4.78, 5) is 37.8. The molecular formula is C71H134N2O7P+. The number of nitrogens with one attached hydrogen (secondary N) is 1. The zero-order chi connectivity index (χ0) is 59.3. The van der Waals surface area contributed by atoms with Gasteiger partial charge in [0.1, 0.15) is 19.3 Å². The highest BCUT2D eigenvalue weighted by molar-refractivity contribution is 7.47. The highest BCUT2D eigenvalue weighted by atomic mass is 31.2. The number of allylic oxidation sites excluding steroid dienone is 9. The minimum Gasteiger partial charge on any atom is -0.456 e. The molecule has 0 aromatic heterocycles. The molecule has 0 aliphatic heterocycles. The van der Waals surface area contributed by atoms with Gasteiger partial charge in [0.05, 0.1) is 33.8 Å². The molecule has 0 rings (SSSR count). The molecule has 0 radical (unpaired) electrons. The molecule has 0 aliphatic carbocycles. The van der Waals surface area contributed by atoms with Crippen molar-refractivity contribution in [2.24, 2.45) is 0 Å². The molecule has 0 bridgehead atoms. The van der Waals surface area contributed by atoms with Gasteiger partial charge in [-0.25, -0.2) is 4.57 Å². The first-order valence-electron chi connectivity index (χ1n) is 34.6. The Morgan fingerprint density at radius 2 is 0.753 bits per heavy atom. The molecule has 0 saturated carbocycles. The third-order valence-electron chi connectivity index (χ3n) is 15.5. The highest BCUT2D eigenvalue weighted by Crippen LogP contribution is 2.43. The first-order valence-corrected chi connectivity index (χ1v) is 36.1. The SMILES string of the molecule is CCCCC/C=C\C/C=C\C/C=C\C/C=C\CCCCCCCCCC(=O)OC(/C=C/CCCCCCCCCCC)C(COP(=O)(O)OCC[N+](C)(C)C)NC(=O)CCCCCCCCCCCCCCCCCCCCCCC. The van der Waals surface area contributed by atoms with Gasteiger partial charge in [-0.3, -0.25) is 18.6 Å². The van der Waals surface area contributed by atoms with Gasteiger partial charge in [-0.05, 0) is 76.7 Å². The van der Waals surface area contributed by atoms with Crippen LogP contribution in [0.4, 0.5) is 0 Å². The lowest BCUT2D eigenvalue weighted by Crippen LogP contribution is -2.47. The lowest BCUT2D eigenvalue weighted by molar-refractivity contribution is -0.870. The molecule has 0 heterocycles. The van der Waals surface area contributed by atoms with E-state index in [1.165, 1.54) is 205 Å². The summed E-state index contributed by atoms with van der Waals surface area (Å²) in [7, 11) is 1.50. The van der Waals surface area contributed by atoms with Crippen molar-refractivity contribution in [3.63, 3.8) is 0 Å². The number of amides is 1. The summed E-state index contributed by atoms with van der Waals surface area (Å²) in [6.07, 6.45) is 78.0. The Balaban J connectivity index is 5.09. The van der Waals surface area contributed by atoms with E-state index in [-0.39, 0.29) is 31.5 Å². The van der Waals surface area contributed by atoms with Gasteiger partial charge in [0, 0.05) is 12.8 Å². The van der Waals surface area contributed by atoms with Gasteiger partial charge in [0.25, 0.3) is 0 Å². The monoisotopic (exact) mass is 1160 g/mol. The van der Waals surface area contributed by atoms with Crippen LogP contribution in [0.3, 0.4) is 0 Å². The molecule has 0 fully saturated rings. The second-order valence-electron chi connectivity index (χ2n) is 24.7. The van der Waals surface area contributed by atoms with E-state index in [9.17, 15) is 19.0 Å². The molecule has 0 spiro atoms. The van der Waals surface area contributed by atoms with Gasteiger partial charge in [-0.1, -0.05) is 300 Å². The number of quaternary nitrogens is 1. The minimum absolute atomic E-state index is 0.0386. The number of phosphoric ester groups is 1. The van der Waals surface area contributed by atoms with E-state index in [0.29, 0.717) is 17.4 Å². The number of carbonyl (C=O) groups is 2. The third-order valence-corrected chi connectivity index (χ3v) is 16.4. The maximum absolute atomic E-state index is 13.6. The third kappa shape index (κ3) is 62.1. The minimum atomic E-state index is -4.45. The normalized spacial score (nSPS) is 13.9. The van der Waals surface area contributed by atoms with Crippen LogP contribution in [0.15, 0.2) is 60.8 Å². The molecule has 81 heavy (non-hydrogen) atoms. The van der Waals surface area contributed by atoms with Crippen LogP contribution in [0.25, 0.3) is 0 Å². The Bertz CT molecular complexity index is 1570. The predicted octanol–water partition coefficient (Wildman–Crippen LogP) is 21.8.